The highest BCUT2D eigenvalue weighted by atomic mass is 32.1. The van der Waals surface area contributed by atoms with Crippen molar-refractivity contribution in [3.63, 3.8) is 0 Å². The number of ether oxygens (including phenoxy) is 5. The summed E-state index contributed by atoms with van der Waals surface area (Å²) in [4.78, 5) is 2.33. The van der Waals surface area contributed by atoms with Gasteiger partial charge < -0.3 is 23.7 Å². The molecule has 0 saturated carbocycles. The van der Waals surface area contributed by atoms with Gasteiger partial charge in [-0.3, -0.25) is 0 Å². The Morgan fingerprint density at radius 2 is 1.07 bits per heavy atom. The molecule has 0 bridgehead atoms. The monoisotopic (exact) mass is 804 g/mol. The van der Waals surface area contributed by atoms with Gasteiger partial charge in [0.05, 0.1) is 33.0 Å². The number of rotatable bonds is 17. The average Bonchev–Trinajstić information content (AvgIpc) is 3.75. The van der Waals surface area contributed by atoms with Crippen molar-refractivity contribution in [3.05, 3.63) is 226 Å². The van der Waals surface area contributed by atoms with Crippen LogP contribution >= 0.6 is 11.3 Å². The fourth-order valence-corrected chi connectivity index (χ4v) is 8.58. The van der Waals surface area contributed by atoms with Crippen molar-refractivity contribution < 1.29 is 28.1 Å². The first-order chi connectivity index (χ1) is 29.1. The summed E-state index contributed by atoms with van der Waals surface area (Å²) in [6.45, 7) is 4.01. The van der Waals surface area contributed by atoms with E-state index < -0.39 is 30.5 Å². The maximum atomic E-state index is 13.7. The highest BCUT2D eigenvalue weighted by molar-refractivity contribution is 7.15. The molecule has 0 unspecified atom stereocenters. The van der Waals surface area contributed by atoms with Crippen LogP contribution in [0.5, 0.6) is 0 Å². The molecule has 7 aromatic rings. The Morgan fingerprint density at radius 1 is 0.542 bits per heavy atom. The first kappa shape index (κ1) is 40.5. The van der Waals surface area contributed by atoms with Crippen molar-refractivity contribution in [1.29, 1.82) is 0 Å². The van der Waals surface area contributed by atoms with Crippen LogP contribution in [0.2, 0.25) is 0 Å². The third-order valence-corrected chi connectivity index (χ3v) is 11.9. The van der Waals surface area contributed by atoms with Crippen LogP contribution in [-0.2, 0) is 56.5 Å². The third kappa shape index (κ3) is 10.9. The number of hydrogen-bond donors (Lipinski definition) is 0. The van der Waals surface area contributed by atoms with Crippen molar-refractivity contribution in [1.82, 2.24) is 0 Å². The molecule has 5 atom stereocenters. The molecule has 0 amide bonds. The van der Waals surface area contributed by atoms with Crippen LogP contribution in [0.1, 0.15) is 49.9 Å². The topological polar surface area (TPSA) is 46.2 Å². The lowest BCUT2D eigenvalue weighted by molar-refractivity contribution is -0.275. The summed E-state index contributed by atoms with van der Waals surface area (Å²) in [5.41, 5.74) is 8.65. The molecule has 0 radical (unpaired) electrons. The first-order valence-corrected chi connectivity index (χ1v) is 21.1. The zero-order chi connectivity index (χ0) is 40.2. The highest BCUT2D eigenvalue weighted by Gasteiger charge is 2.49. The smallest absolute Gasteiger partial charge is 0.123 e. The van der Waals surface area contributed by atoms with Gasteiger partial charge in [-0.2, -0.15) is 0 Å². The Kier molecular flexibility index (Phi) is 13.8. The molecule has 0 N–H and O–H groups in total. The van der Waals surface area contributed by atoms with Crippen LogP contribution < -0.4 is 0 Å². The van der Waals surface area contributed by atoms with Gasteiger partial charge >= 0.3 is 0 Å². The Bertz CT molecular complexity index is 2320. The lowest BCUT2D eigenvalue weighted by Crippen LogP contribution is -2.58. The predicted octanol–water partition coefficient (Wildman–Crippen LogP) is 11.9. The van der Waals surface area contributed by atoms with E-state index in [2.05, 4.69) is 85.8 Å². The van der Waals surface area contributed by atoms with Crippen molar-refractivity contribution in [2.75, 3.05) is 6.61 Å². The summed E-state index contributed by atoms with van der Waals surface area (Å²) in [5, 5.41) is 0. The largest absolute Gasteiger partial charge is 0.374 e. The van der Waals surface area contributed by atoms with Crippen molar-refractivity contribution in [2.45, 2.75) is 70.3 Å². The molecule has 1 aliphatic heterocycles. The van der Waals surface area contributed by atoms with E-state index in [4.69, 9.17) is 23.7 Å². The molecule has 6 aromatic carbocycles. The van der Waals surface area contributed by atoms with E-state index >= 15 is 0 Å². The number of thiophene rings is 1. The van der Waals surface area contributed by atoms with E-state index in [0.29, 0.717) is 33.0 Å². The molecule has 8 rings (SSSR count). The molecule has 0 spiro atoms. The fraction of sp³-hybridized carbons (Fsp3) is 0.231. The molecule has 1 aliphatic rings. The van der Waals surface area contributed by atoms with Crippen molar-refractivity contribution in [3.8, 4) is 10.4 Å². The van der Waals surface area contributed by atoms with Gasteiger partial charge in [0.25, 0.3) is 0 Å². The van der Waals surface area contributed by atoms with Gasteiger partial charge in [-0.15, -0.1) is 11.3 Å². The van der Waals surface area contributed by atoms with E-state index in [-0.39, 0.29) is 5.82 Å². The van der Waals surface area contributed by atoms with Gasteiger partial charge in [-0.05, 0) is 75.7 Å². The van der Waals surface area contributed by atoms with Crippen molar-refractivity contribution in [2.24, 2.45) is 0 Å². The molecular weight excluding hydrogens is 756 g/mol. The van der Waals surface area contributed by atoms with Gasteiger partial charge in [0, 0.05) is 16.2 Å². The lowest BCUT2D eigenvalue weighted by Gasteiger charge is -2.46. The van der Waals surface area contributed by atoms with E-state index in [1.54, 1.807) is 11.3 Å². The average molecular weight is 805 g/mol. The Labute approximate surface area is 351 Å². The van der Waals surface area contributed by atoms with Gasteiger partial charge in [0.1, 0.15) is 36.3 Å². The Balaban J connectivity index is 1.14. The molecule has 300 valence electrons. The highest BCUT2D eigenvalue weighted by Crippen LogP contribution is 2.40. The molecule has 5 nitrogen and oxygen atoms in total. The van der Waals surface area contributed by atoms with Crippen molar-refractivity contribution >= 4 is 11.3 Å². The SMILES string of the molecule is Cc1ccc([C@H]2O[C@H](COCc3ccccc3)[C@@H](OCc3ccccc3)[C@H](OCc3ccccc3)[C@H]2OCc2ccccc2)cc1Cc1ccc(-c2ccc(F)cc2)s1. The van der Waals surface area contributed by atoms with Crippen LogP contribution in [0.25, 0.3) is 10.4 Å². The molecule has 1 fully saturated rings. The summed E-state index contributed by atoms with van der Waals surface area (Å²) in [7, 11) is 0. The molecule has 59 heavy (non-hydrogen) atoms. The second kappa shape index (κ2) is 20.1. The van der Waals surface area contributed by atoms with Crippen LogP contribution in [-0.4, -0.2) is 31.0 Å². The Hall–Kier alpha value is -5.25. The molecule has 2 heterocycles. The van der Waals surface area contributed by atoms with E-state index in [0.717, 1.165) is 44.7 Å². The van der Waals surface area contributed by atoms with E-state index in [9.17, 15) is 4.39 Å². The number of aryl methyl sites for hydroxylation is 1. The fourth-order valence-electron chi connectivity index (χ4n) is 7.55. The standard InChI is InChI=1S/C52H49FO5S/c1-37-22-23-43(30-44(37)31-46-28-29-48(59-46)42-24-26-45(53)27-25-42)49-51(56-34-40-18-10-4-11-19-40)52(57-35-41-20-12-5-13-21-41)50(55-33-39-16-8-3-9-17-39)47(58-49)36-54-32-38-14-6-2-7-15-38/h2-30,47,49-52H,31-36H2,1H3/t47-,49-,50-,51+,52+/m1/s1. The normalized spacial score (nSPS) is 19.1. The summed E-state index contributed by atoms with van der Waals surface area (Å²) in [6.07, 6.45) is -1.82. The number of halogens is 1. The van der Waals surface area contributed by atoms with E-state index in [1.807, 2.05) is 84.9 Å². The molecule has 0 aliphatic carbocycles. The maximum Gasteiger partial charge on any atom is 0.123 e. The zero-order valence-electron chi connectivity index (χ0n) is 33.2. The summed E-state index contributed by atoms with van der Waals surface area (Å²) in [5.74, 6) is -0.235. The van der Waals surface area contributed by atoms with Gasteiger partial charge in [-0.1, -0.05) is 152 Å². The minimum Gasteiger partial charge on any atom is -0.374 e. The van der Waals surface area contributed by atoms with Gasteiger partial charge in [0.15, 0.2) is 0 Å². The summed E-state index contributed by atoms with van der Waals surface area (Å²) < 4.78 is 48.3. The minimum absolute atomic E-state index is 0.235. The lowest BCUT2D eigenvalue weighted by atomic mass is 9.88. The third-order valence-electron chi connectivity index (χ3n) is 10.7. The van der Waals surface area contributed by atoms with Crippen LogP contribution in [0.3, 0.4) is 0 Å². The quantitative estimate of drug-likeness (QED) is 0.0917. The maximum absolute atomic E-state index is 13.7. The number of benzene rings is 6. The molecule has 1 aromatic heterocycles. The van der Waals surface area contributed by atoms with Crippen LogP contribution in [0.15, 0.2) is 176 Å². The van der Waals surface area contributed by atoms with Crippen LogP contribution in [0, 0.1) is 12.7 Å². The molecular formula is C52H49FO5S. The summed E-state index contributed by atoms with van der Waals surface area (Å²) >= 11 is 1.73. The van der Waals surface area contributed by atoms with Gasteiger partial charge in [0.2, 0.25) is 0 Å². The first-order valence-electron chi connectivity index (χ1n) is 20.2. The van der Waals surface area contributed by atoms with Crippen LogP contribution in [0.4, 0.5) is 4.39 Å². The van der Waals surface area contributed by atoms with E-state index in [1.165, 1.54) is 28.1 Å². The second-order valence-electron chi connectivity index (χ2n) is 15.0. The number of hydrogen-bond acceptors (Lipinski definition) is 6. The second-order valence-corrected chi connectivity index (χ2v) is 16.2. The Morgan fingerprint density at radius 3 is 1.64 bits per heavy atom. The summed E-state index contributed by atoms with van der Waals surface area (Å²) in [6, 6.07) is 58.4. The van der Waals surface area contributed by atoms with Gasteiger partial charge in [-0.25, -0.2) is 4.39 Å². The minimum atomic E-state index is -0.535. The molecule has 1 saturated heterocycles. The molecule has 7 heteroatoms. The zero-order valence-corrected chi connectivity index (χ0v) is 34.0. The predicted molar refractivity (Wildman–Crippen MR) is 232 cm³/mol.